The van der Waals surface area contributed by atoms with Gasteiger partial charge in [-0.15, -0.1) is 0 Å². The number of nitrogens with one attached hydrogen (secondary N) is 1. The monoisotopic (exact) mass is 557 g/mol. The summed E-state index contributed by atoms with van der Waals surface area (Å²) in [6.07, 6.45) is 5.40. The Labute approximate surface area is 225 Å². The molecule has 0 saturated heterocycles. The molecular weight excluding hydrogens is 525 g/mol. The number of fused-ring (bicyclic) bond motifs is 1. The Morgan fingerprint density at radius 2 is 1.92 bits per heavy atom. The molecule has 2 aromatic heterocycles. The summed E-state index contributed by atoms with van der Waals surface area (Å²) in [5.41, 5.74) is 7.70. The third-order valence-electron chi connectivity index (χ3n) is 6.62. The van der Waals surface area contributed by atoms with E-state index in [1.807, 2.05) is 31.2 Å². The average molecular weight is 558 g/mol. The van der Waals surface area contributed by atoms with Gasteiger partial charge in [0.15, 0.2) is 22.7 Å². The molecule has 12 nitrogen and oxygen atoms in total. The maximum atomic E-state index is 13.8. The summed E-state index contributed by atoms with van der Waals surface area (Å²) in [5.74, 6) is 1.56. The number of rotatable bonds is 12. The van der Waals surface area contributed by atoms with Crippen LogP contribution in [0.1, 0.15) is 36.8 Å². The minimum absolute atomic E-state index is 0.00959. The fraction of sp³-hybridized carbons (Fsp3) is 0.423. The van der Waals surface area contributed by atoms with Crippen molar-refractivity contribution in [1.29, 1.82) is 0 Å². The average Bonchev–Trinajstić information content (AvgIpc) is 3.66. The number of benzene rings is 1. The van der Waals surface area contributed by atoms with Gasteiger partial charge in [0.1, 0.15) is 13.0 Å². The third kappa shape index (κ3) is 6.59. The number of aromatic nitrogens is 4. The Bertz CT molecular complexity index is 1470. The number of nitrogens with two attached hydrogens (primary N) is 1. The zero-order valence-corrected chi connectivity index (χ0v) is 22.7. The number of nitrogen functional groups attached to an aromatic ring is 1. The van der Waals surface area contributed by atoms with Crippen LogP contribution in [0.25, 0.3) is 11.2 Å². The first-order chi connectivity index (χ1) is 18.8. The first kappa shape index (κ1) is 27.1. The van der Waals surface area contributed by atoms with Crippen LogP contribution in [0.3, 0.4) is 0 Å². The van der Waals surface area contributed by atoms with Crippen molar-refractivity contribution in [2.75, 3.05) is 25.3 Å². The molecule has 1 fully saturated rings. The summed E-state index contributed by atoms with van der Waals surface area (Å²) >= 11 is 0. The SMILES string of the molecule is C=C1OC(COP(=O)(COCCn2cnc3c(=O)[nH]c(N)nc32)OCc2ccc(C)cc2)=C(C2CCCC2)O1. The van der Waals surface area contributed by atoms with E-state index in [0.717, 1.165) is 36.8 Å². The molecule has 5 rings (SSSR count). The van der Waals surface area contributed by atoms with E-state index in [4.69, 9.17) is 29.0 Å². The molecule has 0 radical (unpaired) electrons. The number of anilines is 1. The van der Waals surface area contributed by atoms with Gasteiger partial charge in [-0.1, -0.05) is 42.7 Å². The summed E-state index contributed by atoms with van der Waals surface area (Å²) in [4.78, 5) is 22.6. The Morgan fingerprint density at radius 1 is 1.18 bits per heavy atom. The molecule has 0 spiro atoms. The Kier molecular flexibility index (Phi) is 8.18. The molecule has 13 heteroatoms. The van der Waals surface area contributed by atoms with Crippen LogP contribution in [-0.4, -0.2) is 39.1 Å². The zero-order valence-electron chi connectivity index (χ0n) is 21.8. The lowest BCUT2D eigenvalue weighted by atomic mass is 10.1. The molecule has 1 atom stereocenters. The van der Waals surface area contributed by atoms with Gasteiger partial charge in [0.2, 0.25) is 5.95 Å². The summed E-state index contributed by atoms with van der Waals surface area (Å²) in [5, 5.41) is 0. The van der Waals surface area contributed by atoms with Crippen LogP contribution in [0.4, 0.5) is 5.95 Å². The summed E-state index contributed by atoms with van der Waals surface area (Å²) in [6, 6.07) is 7.72. The zero-order chi connectivity index (χ0) is 27.4. The van der Waals surface area contributed by atoms with Crippen molar-refractivity contribution in [2.24, 2.45) is 5.92 Å². The lowest BCUT2D eigenvalue weighted by Crippen LogP contribution is -2.14. The van der Waals surface area contributed by atoms with Crippen molar-refractivity contribution >= 4 is 24.7 Å². The van der Waals surface area contributed by atoms with Gasteiger partial charge in [0, 0.05) is 12.5 Å². The van der Waals surface area contributed by atoms with Crippen LogP contribution in [0.5, 0.6) is 0 Å². The highest BCUT2D eigenvalue weighted by molar-refractivity contribution is 7.53. The molecule has 3 aromatic rings. The summed E-state index contributed by atoms with van der Waals surface area (Å²) in [6.45, 7) is 6.16. The fourth-order valence-corrected chi connectivity index (χ4v) is 5.82. The van der Waals surface area contributed by atoms with Crippen LogP contribution < -0.4 is 11.3 Å². The van der Waals surface area contributed by atoms with Gasteiger partial charge in [0.25, 0.3) is 11.5 Å². The Morgan fingerprint density at radius 3 is 2.69 bits per heavy atom. The van der Waals surface area contributed by atoms with Gasteiger partial charge in [0.05, 0.1) is 19.5 Å². The first-order valence-electron chi connectivity index (χ1n) is 12.8. The van der Waals surface area contributed by atoms with Gasteiger partial charge in [-0.05, 0) is 31.9 Å². The maximum Gasteiger partial charge on any atom is 0.356 e. The number of imidazole rings is 1. The first-order valence-corrected chi connectivity index (χ1v) is 14.5. The standard InChI is InChI=1S/C26H32N5O7P/c1-17-7-9-19(10-8-17)13-35-39(33,36-14-21-23(38-18(2)37-21)20-5-3-4-6-20)16-34-12-11-31-15-28-22-24(31)29-26(27)30-25(22)32/h7-10,15,20H,2-6,11-14,16H2,1H3,(H3,27,29,30,32). The van der Waals surface area contributed by atoms with E-state index < -0.39 is 13.2 Å². The second-order valence-electron chi connectivity index (χ2n) is 9.59. The Balaban J connectivity index is 1.25. The van der Waals surface area contributed by atoms with Crippen molar-refractivity contribution in [3.05, 3.63) is 76.1 Å². The molecule has 1 saturated carbocycles. The van der Waals surface area contributed by atoms with E-state index in [1.165, 1.54) is 6.33 Å². The fourth-order valence-electron chi connectivity index (χ4n) is 4.59. The molecule has 2 aliphatic rings. The number of aromatic amines is 1. The van der Waals surface area contributed by atoms with Gasteiger partial charge in [-0.3, -0.25) is 18.9 Å². The molecule has 1 aliphatic heterocycles. The van der Waals surface area contributed by atoms with Crippen molar-refractivity contribution < 1.29 is 27.8 Å². The van der Waals surface area contributed by atoms with Crippen molar-refractivity contribution in [2.45, 2.75) is 45.8 Å². The molecule has 1 unspecified atom stereocenters. The lowest BCUT2D eigenvalue weighted by molar-refractivity contribution is 0.114. The third-order valence-corrected chi connectivity index (χ3v) is 8.17. The van der Waals surface area contributed by atoms with E-state index in [2.05, 4.69) is 21.5 Å². The van der Waals surface area contributed by atoms with Crippen molar-refractivity contribution in [1.82, 2.24) is 19.5 Å². The van der Waals surface area contributed by atoms with Gasteiger partial charge >= 0.3 is 7.60 Å². The highest BCUT2D eigenvalue weighted by atomic mass is 31.2. The number of aryl methyl sites for hydroxylation is 1. The predicted molar refractivity (Wildman–Crippen MR) is 143 cm³/mol. The van der Waals surface area contributed by atoms with Crippen LogP contribution in [-0.2, 0) is 41.0 Å². The van der Waals surface area contributed by atoms with E-state index in [1.54, 1.807) is 4.57 Å². The minimum atomic E-state index is -3.73. The van der Waals surface area contributed by atoms with Crippen LogP contribution >= 0.6 is 7.60 Å². The quantitative estimate of drug-likeness (QED) is 0.243. The number of ether oxygens (including phenoxy) is 3. The molecule has 3 N–H and O–H groups in total. The second kappa shape index (κ2) is 11.7. The number of H-pyrrole nitrogens is 1. The highest BCUT2D eigenvalue weighted by Crippen LogP contribution is 2.50. The van der Waals surface area contributed by atoms with Crippen molar-refractivity contribution in [3.8, 4) is 0 Å². The van der Waals surface area contributed by atoms with Gasteiger partial charge in [-0.2, -0.15) is 4.98 Å². The number of nitrogens with zero attached hydrogens (tertiary/aromatic N) is 3. The van der Waals surface area contributed by atoms with Gasteiger partial charge < -0.3 is 29.0 Å². The van der Waals surface area contributed by atoms with Gasteiger partial charge in [-0.25, -0.2) is 4.98 Å². The maximum absolute atomic E-state index is 13.8. The molecule has 39 heavy (non-hydrogen) atoms. The largest absolute Gasteiger partial charge is 0.427 e. The molecular formula is C26H32N5O7P. The predicted octanol–water partition coefficient (Wildman–Crippen LogP) is 4.33. The molecule has 0 bridgehead atoms. The number of hydrogen-bond donors (Lipinski definition) is 2. The van der Waals surface area contributed by atoms with E-state index in [0.29, 0.717) is 17.2 Å². The Hall–Kier alpha value is -3.44. The number of allylic oxidation sites excluding steroid dienone is 1. The van der Waals surface area contributed by atoms with Crippen molar-refractivity contribution in [3.63, 3.8) is 0 Å². The second-order valence-corrected chi connectivity index (χ2v) is 11.6. The molecule has 1 aromatic carbocycles. The van der Waals surface area contributed by atoms with E-state index >= 15 is 0 Å². The highest BCUT2D eigenvalue weighted by Gasteiger charge is 2.34. The number of hydrogen-bond acceptors (Lipinski definition) is 10. The molecule has 208 valence electrons. The van der Waals surface area contributed by atoms with Crippen LogP contribution in [0, 0.1) is 12.8 Å². The topological polar surface area (TPSA) is 153 Å². The molecule has 1 aliphatic carbocycles. The van der Waals surface area contributed by atoms with E-state index in [9.17, 15) is 9.36 Å². The van der Waals surface area contributed by atoms with E-state index in [-0.39, 0.29) is 56.0 Å². The van der Waals surface area contributed by atoms with Crippen LogP contribution in [0.2, 0.25) is 0 Å². The minimum Gasteiger partial charge on any atom is -0.427 e. The molecule has 3 heterocycles. The lowest BCUT2D eigenvalue weighted by Gasteiger charge is -2.19. The normalized spacial score (nSPS) is 17.5. The summed E-state index contributed by atoms with van der Waals surface area (Å²) < 4.78 is 44.2. The molecule has 0 amide bonds. The van der Waals surface area contributed by atoms with Crippen LogP contribution in [0.15, 0.2) is 59.4 Å². The smallest absolute Gasteiger partial charge is 0.356 e. The summed E-state index contributed by atoms with van der Waals surface area (Å²) in [7, 11) is -3.73.